The number of halogens is 1. The molecule has 0 atom stereocenters. The molecule has 40 heavy (non-hydrogen) atoms. The molecule has 4 aromatic carbocycles. The van der Waals surface area contributed by atoms with Crippen molar-refractivity contribution in [3.8, 4) is 0 Å². The Morgan fingerprint density at radius 2 is 1.57 bits per heavy atom. The molecule has 0 fully saturated rings. The van der Waals surface area contributed by atoms with Gasteiger partial charge in [0, 0.05) is 42.0 Å². The zero-order chi connectivity index (χ0) is 27.9. The highest BCUT2D eigenvalue weighted by Crippen LogP contribution is 2.38. The summed E-state index contributed by atoms with van der Waals surface area (Å²) in [6.45, 7) is 3.68. The molecule has 4 aromatic rings. The van der Waals surface area contributed by atoms with Gasteiger partial charge >= 0.3 is 0 Å². The molecule has 0 bridgehead atoms. The summed E-state index contributed by atoms with van der Waals surface area (Å²) >= 11 is 6.17. The van der Waals surface area contributed by atoms with Crippen molar-refractivity contribution in [3.05, 3.63) is 125 Å². The van der Waals surface area contributed by atoms with Crippen molar-refractivity contribution in [2.24, 2.45) is 0 Å². The molecule has 0 spiro atoms. The minimum absolute atomic E-state index is 0.0180. The normalized spacial score (nSPS) is 13.4. The third kappa shape index (κ3) is 6.42. The number of hydrogen-bond acceptors (Lipinski definition) is 4. The first-order valence-electron chi connectivity index (χ1n) is 13.3. The predicted molar refractivity (Wildman–Crippen MR) is 164 cm³/mol. The zero-order valence-electron chi connectivity index (χ0n) is 22.3. The highest BCUT2D eigenvalue weighted by atomic mass is 35.5. The topological polar surface area (TPSA) is 73.5 Å². The van der Waals surface area contributed by atoms with Gasteiger partial charge in [-0.05, 0) is 60.5 Å². The molecule has 5 rings (SSSR count). The van der Waals surface area contributed by atoms with Gasteiger partial charge in [0.15, 0.2) is 0 Å². The van der Waals surface area contributed by atoms with E-state index in [1.165, 1.54) is 5.56 Å². The fraction of sp³-hybridized carbons (Fsp3) is 0.152. The van der Waals surface area contributed by atoms with Gasteiger partial charge in [0.2, 0.25) is 5.91 Å². The Morgan fingerprint density at radius 1 is 0.875 bits per heavy atom. The van der Waals surface area contributed by atoms with Gasteiger partial charge in [0.05, 0.1) is 17.0 Å². The average Bonchev–Trinajstić information content (AvgIpc) is 3.29. The van der Waals surface area contributed by atoms with Crippen LogP contribution < -0.4 is 20.9 Å². The van der Waals surface area contributed by atoms with Crippen molar-refractivity contribution in [3.63, 3.8) is 0 Å². The third-order valence-corrected chi connectivity index (χ3v) is 7.05. The van der Waals surface area contributed by atoms with E-state index in [9.17, 15) is 9.59 Å². The standard InChI is InChI=1S/C33H31ClN4O2/c1-23(39)38(21-20-35-19-18-24-8-4-2-5-9-24)28-15-13-27(14-16-28)36-32(25-10-6-3-7-11-25)31-29-17-12-26(34)22-30(29)37-33(31)40/h2-17,22,35-36H,18-21H2,1H3,(H,37,40)/b32-31-. The predicted octanol–water partition coefficient (Wildman–Crippen LogP) is 6.46. The lowest BCUT2D eigenvalue weighted by atomic mass is 10.00. The summed E-state index contributed by atoms with van der Waals surface area (Å²) in [5.41, 5.74) is 6.50. The van der Waals surface area contributed by atoms with E-state index in [-0.39, 0.29) is 11.8 Å². The molecule has 1 aliphatic heterocycles. The van der Waals surface area contributed by atoms with Gasteiger partial charge < -0.3 is 20.9 Å². The summed E-state index contributed by atoms with van der Waals surface area (Å²) in [6.07, 6.45) is 0.941. The maximum absolute atomic E-state index is 13.1. The maximum atomic E-state index is 13.1. The van der Waals surface area contributed by atoms with Gasteiger partial charge in [-0.25, -0.2) is 0 Å². The second kappa shape index (κ2) is 12.6. The largest absolute Gasteiger partial charge is 0.354 e. The first-order valence-corrected chi connectivity index (χ1v) is 13.7. The highest BCUT2D eigenvalue weighted by Gasteiger charge is 2.28. The number of nitrogens with one attached hydrogen (secondary N) is 3. The van der Waals surface area contributed by atoms with Gasteiger partial charge in [0.25, 0.3) is 5.91 Å². The van der Waals surface area contributed by atoms with Crippen LogP contribution in [0.1, 0.15) is 23.6 Å². The third-order valence-electron chi connectivity index (χ3n) is 6.81. The Hall–Kier alpha value is -4.39. The van der Waals surface area contributed by atoms with Gasteiger partial charge in [-0.2, -0.15) is 0 Å². The Balaban J connectivity index is 1.32. The van der Waals surface area contributed by atoms with Gasteiger partial charge in [0.1, 0.15) is 0 Å². The first-order chi connectivity index (χ1) is 19.5. The zero-order valence-corrected chi connectivity index (χ0v) is 23.0. The lowest BCUT2D eigenvalue weighted by molar-refractivity contribution is -0.116. The number of hydrogen-bond donors (Lipinski definition) is 3. The molecule has 0 unspecified atom stereocenters. The van der Waals surface area contributed by atoms with Crippen molar-refractivity contribution in [2.75, 3.05) is 35.2 Å². The van der Waals surface area contributed by atoms with E-state index < -0.39 is 0 Å². The summed E-state index contributed by atoms with van der Waals surface area (Å²) in [4.78, 5) is 27.3. The number of fused-ring (bicyclic) bond motifs is 1. The van der Waals surface area contributed by atoms with Crippen molar-refractivity contribution in [1.82, 2.24) is 5.32 Å². The van der Waals surface area contributed by atoms with Crippen LogP contribution in [0.3, 0.4) is 0 Å². The van der Waals surface area contributed by atoms with Crippen molar-refractivity contribution in [1.29, 1.82) is 0 Å². The van der Waals surface area contributed by atoms with Crippen LogP contribution in [0.2, 0.25) is 5.02 Å². The number of carbonyl (C=O) groups is 2. The molecule has 2 amide bonds. The second-order valence-electron chi connectivity index (χ2n) is 9.59. The van der Waals surface area contributed by atoms with Crippen molar-refractivity contribution < 1.29 is 9.59 Å². The van der Waals surface area contributed by atoms with Crippen molar-refractivity contribution >= 4 is 51.7 Å². The van der Waals surface area contributed by atoms with Crippen LogP contribution in [-0.2, 0) is 16.0 Å². The minimum atomic E-state index is -0.192. The quantitative estimate of drug-likeness (QED) is 0.156. The van der Waals surface area contributed by atoms with Crippen LogP contribution in [-0.4, -0.2) is 31.4 Å². The lowest BCUT2D eigenvalue weighted by Gasteiger charge is -2.22. The van der Waals surface area contributed by atoms with E-state index in [1.807, 2.05) is 78.9 Å². The second-order valence-corrected chi connectivity index (χ2v) is 10.0. The SMILES string of the molecule is CC(=O)N(CCNCCc1ccccc1)c1ccc(N/C(=C2\C(=O)Nc3cc(Cl)ccc32)c2ccccc2)cc1. The molecule has 1 heterocycles. The monoisotopic (exact) mass is 550 g/mol. The van der Waals surface area contributed by atoms with Gasteiger partial charge in [-0.15, -0.1) is 0 Å². The fourth-order valence-corrected chi connectivity index (χ4v) is 4.98. The summed E-state index contributed by atoms with van der Waals surface area (Å²) in [6, 6.07) is 33.2. The highest BCUT2D eigenvalue weighted by molar-refractivity contribution is 6.38. The Bertz CT molecular complexity index is 1520. The molecular weight excluding hydrogens is 520 g/mol. The average molecular weight is 551 g/mol. The first kappa shape index (κ1) is 27.2. The molecule has 3 N–H and O–H groups in total. The van der Waals surface area contributed by atoms with Crippen LogP contribution in [0.25, 0.3) is 11.3 Å². The van der Waals surface area contributed by atoms with E-state index in [2.05, 4.69) is 28.1 Å². The van der Waals surface area contributed by atoms with Gasteiger partial charge in [-0.3, -0.25) is 9.59 Å². The van der Waals surface area contributed by atoms with Crippen LogP contribution in [0, 0.1) is 0 Å². The van der Waals surface area contributed by atoms with Crippen LogP contribution in [0.4, 0.5) is 17.1 Å². The molecule has 202 valence electrons. The van der Waals surface area contributed by atoms with E-state index in [1.54, 1.807) is 24.0 Å². The Morgan fingerprint density at radius 3 is 2.27 bits per heavy atom. The number of nitrogens with zero attached hydrogens (tertiary/aromatic N) is 1. The number of rotatable bonds is 10. The maximum Gasteiger partial charge on any atom is 0.258 e. The van der Waals surface area contributed by atoms with E-state index >= 15 is 0 Å². The molecule has 0 radical (unpaired) electrons. The summed E-state index contributed by atoms with van der Waals surface area (Å²) in [5.74, 6) is -0.210. The molecule has 0 aliphatic carbocycles. The lowest BCUT2D eigenvalue weighted by Crippen LogP contribution is -2.36. The number of amides is 2. The molecule has 0 aromatic heterocycles. The van der Waals surface area contributed by atoms with Crippen LogP contribution in [0.15, 0.2) is 103 Å². The molecule has 0 saturated carbocycles. The molecule has 7 heteroatoms. The van der Waals surface area contributed by atoms with Crippen LogP contribution >= 0.6 is 11.6 Å². The van der Waals surface area contributed by atoms with E-state index in [4.69, 9.17) is 11.6 Å². The number of benzene rings is 4. The Kier molecular flexibility index (Phi) is 8.59. The molecule has 1 aliphatic rings. The summed E-state index contributed by atoms with van der Waals surface area (Å²) < 4.78 is 0. The van der Waals surface area contributed by atoms with Crippen LogP contribution in [0.5, 0.6) is 0 Å². The molecule has 6 nitrogen and oxygen atoms in total. The number of carbonyl (C=O) groups excluding carboxylic acids is 2. The minimum Gasteiger partial charge on any atom is -0.354 e. The summed E-state index contributed by atoms with van der Waals surface area (Å²) in [7, 11) is 0. The van der Waals surface area contributed by atoms with Crippen molar-refractivity contribution in [2.45, 2.75) is 13.3 Å². The van der Waals surface area contributed by atoms with E-state index in [0.29, 0.717) is 35.1 Å². The van der Waals surface area contributed by atoms with E-state index in [0.717, 1.165) is 35.5 Å². The number of anilines is 3. The van der Waals surface area contributed by atoms with Gasteiger partial charge in [-0.1, -0.05) is 78.3 Å². The molecule has 0 saturated heterocycles. The Labute approximate surface area is 239 Å². The fourth-order valence-electron chi connectivity index (χ4n) is 4.81. The molecular formula is C33H31ClN4O2. The smallest absolute Gasteiger partial charge is 0.258 e. The summed E-state index contributed by atoms with van der Waals surface area (Å²) in [5, 5.41) is 10.4.